The van der Waals surface area contributed by atoms with Crippen LogP contribution in [0.5, 0.6) is 0 Å². The molecule has 0 heterocycles. The lowest BCUT2D eigenvalue weighted by molar-refractivity contribution is 0.244. The van der Waals surface area contributed by atoms with Crippen molar-refractivity contribution in [1.82, 2.24) is 0 Å². The van der Waals surface area contributed by atoms with Gasteiger partial charge >= 0.3 is 0 Å². The standard InChI is InChI=1S/C23H32OSi/c1-19(2)17-20(3)18-24-25(23(4,5)6,21-13-9-7-10-14-21)22-15-11-8-12-16-22/h7-16,20H,1,17-18H2,2-6H3/t20-/m0/s1. The predicted octanol–water partition coefficient (Wildman–Crippen LogP) is 5.17. The zero-order valence-electron chi connectivity index (χ0n) is 16.4. The van der Waals surface area contributed by atoms with Crippen LogP contribution in [0, 0.1) is 5.92 Å². The van der Waals surface area contributed by atoms with Crippen LogP contribution in [0.3, 0.4) is 0 Å². The van der Waals surface area contributed by atoms with E-state index in [2.05, 4.69) is 102 Å². The molecule has 0 saturated carbocycles. The molecule has 1 atom stereocenters. The normalized spacial score (nSPS) is 13.5. The van der Waals surface area contributed by atoms with E-state index >= 15 is 0 Å². The minimum atomic E-state index is -2.39. The third kappa shape index (κ3) is 4.50. The summed E-state index contributed by atoms with van der Waals surface area (Å²) in [5, 5.41) is 2.73. The van der Waals surface area contributed by atoms with Crippen molar-refractivity contribution in [3.05, 3.63) is 72.8 Å². The summed E-state index contributed by atoms with van der Waals surface area (Å²) < 4.78 is 6.93. The van der Waals surface area contributed by atoms with E-state index in [0.29, 0.717) is 5.92 Å². The number of rotatable bonds is 7. The SMILES string of the molecule is C=C(C)C[C@H](C)CO[Si](c1ccccc1)(c1ccccc1)C(C)(C)C. The fourth-order valence-corrected chi connectivity index (χ4v) is 8.37. The molecule has 0 radical (unpaired) electrons. The van der Waals surface area contributed by atoms with Gasteiger partial charge in [-0.05, 0) is 34.7 Å². The summed E-state index contributed by atoms with van der Waals surface area (Å²) in [7, 11) is -2.39. The lowest BCUT2D eigenvalue weighted by Gasteiger charge is -2.43. The highest BCUT2D eigenvalue weighted by atomic mass is 28.4. The first-order chi connectivity index (χ1) is 11.8. The van der Waals surface area contributed by atoms with E-state index in [0.717, 1.165) is 13.0 Å². The Labute approximate surface area is 154 Å². The van der Waals surface area contributed by atoms with E-state index in [1.165, 1.54) is 15.9 Å². The maximum atomic E-state index is 6.93. The molecule has 0 fully saturated rings. The van der Waals surface area contributed by atoms with Gasteiger partial charge in [-0.25, -0.2) is 0 Å². The molecule has 2 aromatic rings. The highest BCUT2D eigenvalue weighted by molar-refractivity contribution is 6.99. The molecule has 0 aromatic heterocycles. The molecule has 0 N–H and O–H groups in total. The molecule has 25 heavy (non-hydrogen) atoms. The summed E-state index contributed by atoms with van der Waals surface area (Å²) in [6.45, 7) is 16.1. The molecule has 2 aromatic carbocycles. The third-order valence-electron chi connectivity index (χ3n) is 4.70. The van der Waals surface area contributed by atoms with Crippen molar-refractivity contribution in [2.24, 2.45) is 5.92 Å². The van der Waals surface area contributed by atoms with Crippen molar-refractivity contribution in [2.75, 3.05) is 6.61 Å². The summed E-state index contributed by atoms with van der Waals surface area (Å²) in [6, 6.07) is 21.7. The van der Waals surface area contributed by atoms with Crippen molar-refractivity contribution in [3.8, 4) is 0 Å². The molecular formula is C23H32OSi. The maximum absolute atomic E-state index is 6.93. The molecule has 0 saturated heterocycles. The largest absolute Gasteiger partial charge is 0.407 e. The molecule has 2 heteroatoms. The van der Waals surface area contributed by atoms with Crippen LogP contribution in [0.2, 0.25) is 5.04 Å². The van der Waals surface area contributed by atoms with Crippen molar-refractivity contribution >= 4 is 18.7 Å². The molecule has 0 aliphatic heterocycles. The maximum Gasteiger partial charge on any atom is 0.261 e. The highest BCUT2D eigenvalue weighted by Crippen LogP contribution is 2.37. The fourth-order valence-electron chi connectivity index (χ4n) is 3.68. The molecule has 0 bridgehead atoms. The Kier molecular flexibility index (Phi) is 6.42. The molecule has 0 aliphatic rings. The van der Waals surface area contributed by atoms with Gasteiger partial charge in [-0.2, -0.15) is 0 Å². The summed E-state index contributed by atoms with van der Waals surface area (Å²) in [4.78, 5) is 0. The molecule has 134 valence electrons. The lowest BCUT2D eigenvalue weighted by Crippen LogP contribution is -2.66. The van der Waals surface area contributed by atoms with Crippen molar-refractivity contribution < 1.29 is 4.43 Å². The number of benzene rings is 2. The third-order valence-corrected chi connectivity index (χ3v) is 9.70. The van der Waals surface area contributed by atoms with E-state index in [1.807, 2.05) is 0 Å². The Morgan fingerprint density at radius 1 is 0.960 bits per heavy atom. The zero-order valence-corrected chi connectivity index (χ0v) is 17.4. The van der Waals surface area contributed by atoms with Crippen LogP contribution in [-0.2, 0) is 4.43 Å². The first-order valence-corrected chi connectivity index (χ1v) is 11.1. The quantitative estimate of drug-likeness (QED) is 0.494. The van der Waals surface area contributed by atoms with Gasteiger partial charge in [0.05, 0.1) is 0 Å². The number of hydrogen-bond acceptors (Lipinski definition) is 1. The summed E-state index contributed by atoms with van der Waals surface area (Å²) >= 11 is 0. The first-order valence-electron chi connectivity index (χ1n) is 9.17. The fraction of sp³-hybridized carbons (Fsp3) is 0.391. The minimum Gasteiger partial charge on any atom is -0.407 e. The Morgan fingerprint density at radius 3 is 1.76 bits per heavy atom. The van der Waals surface area contributed by atoms with Crippen molar-refractivity contribution in [1.29, 1.82) is 0 Å². The Balaban J connectivity index is 2.51. The second-order valence-electron chi connectivity index (χ2n) is 8.24. The number of hydrogen-bond donors (Lipinski definition) is 0. The Morgan fingerprint density at radius 2 is 1.40 bits per heavy atom. The van der Waals surface area contributed by atoms with Crippen LogP contribution in [0.4, 0.5) is 0 Å². The summed E-state index contributed by atoms with van der Waals surface area (Å²) in [5.41, 5.74) is 1.22. The molecule has 1 nitrogen and oxygen atoms in total. The minimum absolute atomic E-state index is 0.0403. The average Bonchev–Trinajstić information content (AvgIpc) is 2.55. The van der Waals surface area contributed by atoms with Crippen LogP contribution >= 0.6 is 0 Å². The van der Waals surface area contributed by atoms with Gasteiger partial charge in [0, 0.05) is 6.61 Å². The van der Waals surface area contributed by atoms with Gasteiger partial charge in [0.15, 0.2) is 0 Å². The first kappa shape index (κ1) is 19.7. The molecule has 0 unspecified atom stereocenters. The van der Waals surface area contributed by atoms with E-state index in [-0.39, 0.29) is 5.04 Å². The topological polar surface area (TPSA) is 9.23 Å². The van der Waals surface area contributed by atoms with E-state index in [4.69, 9.17) is 4.43 Å². The summed E-state index contributed by atoms with van der Waals surface area (Å²) in [5.74, 6) is 0.471. The lowest BCUT2D eigenvalue weighted by atomic mass is 10.1. The van der Waals surface area contributed by atoms with Gasteiger partial charge in [-0.15, -0.1) is 6.58 Å². The van der Waals surface area contributed by atoms with Gasteiger partial charge in [-0.3, -0.25) is 0 Å². The number of allylic oxidation sites excluding steroid dienone is 1. The molecule has 0 aliphatic carbocycles. The van der Waals surface area contributed by atoms with Crippen LogP contribution in [0.15, 0.2) is 72.8 Å². The molecule has 0 amide bonds. The van der Waals surface area contributed by atoms with Crippen molar-refractivity contribution in [2.45, 2.75) is 46.1 Å². The van der Waals surface area contributed by atoms with Gasteiger partial charge < -0.3 is 4.43 Å². The second-order valence-corrected chi connectivity index (χ2v) is 12.5. The van der Waals surface area contributed by atoms with Crippen LogP contribution in [0.1, 0.15) is 41.0 Å². The van der Waals surface area contributed by atoms with Gasteiger partial charge in [0.25, 0.3) is 8.32 Å². The predicted molar refractivity (Wildman–Crippen MR) is 112 cm³/mol. The molecule has 0 spiro atoms. The van der Waals surface area contributed by atoms with E-state index in [1.54, 1.807) is 0 Å². The Hall–Kier alpha value is -1.64. The van der Waals surface area contributed by atoms with Gasteiger partial charge in [0.1, 0.15) is 0 Å². The van der Waals surface area contributed by atoms with E-state index < -0.39 is 8.32 Å². The van der Waals surface area contributed by atoms with E-state index in [9.17, 15) is 0 Å². The highest BCUT2D eigenvalue weighted by Gasteiger charge is 2.50. The van der Waals surface area contributed by atoms with Crippen LogP contribution in [-0.4, -0.2) is 14.9 Å². The monoisotopic (exact) mass is 352 g/mol. The van der Waals surface area contributed by atoms with Crippen LogP contribution < -0.4 is 10.4 Å². The molecule has 2 rings (SSSR count). The van der Waals surface area contributed by atoms with Crippen LogP contribution in [0.25, 0.3) is 0 Å². The summed E-state index contributed by atoms with van der Waals surface area (Å²) in [6.07, 6.45) is 1.01. The Bertz CT molecular complexity index is 631. The smallest absolute Gasteiger partial charge is 0.261 e. The zero-order chi connectivity index (χ0) is 18.5. The molecular weight excluding hydrogens is 320 g/mol. The van der Waals surface area contributed by atoms with Gasteiger partial charge in [-0.1, -0.05) is 93.9 Å². The second kappa shape index (κ2) is 8.16. The average molecular weight is 353 g/mol. The van der Waals surface area contributed by atoms with Crippen molar-refractivity contribution in [3.63, 3.8) is 0 Å². The van der Waals surface area contributed by atoms with Gasteiger partial charge in [0.2, 0.25) is 0 Å².